The largest absolute Gasteiger partial charge is 0.480 e. The van der Waals surface area contributed by atoms with Crippen LogP contribution in [0.25, 0.3) is 0 Å². The summed E-state index contributed by atoms with van der Waals surface area (Å²) < 4.78 is 0. The second-order valence-electron chi connectivity index (χ2n) is 5.21. The van der Waals surface area contributed by atoms with Gasteiger partial charge in [0.25, 0.3) is 0 Å². The lowest BCUT2D eigenvalue weighted by Gasteiger charge is -2.27. The van der Waals surface area contributed by atoms with Crippen molar-refractivity contribution in [3.05, 3.63) is 0 Å². The van der Waals surface area contributed by atoms with E-state index in [4.69, 9.17) is 5.11 Å². The fourth-order valence-electron chi connectivity index (χ4n) is 2.39. The quantitative estimate of drug-likeness (QED) is 0.703. The Morgan fingerprint density at radius 1 is 1.22 bits per heavy atom. The van der Waals surface area contributed by atoms with E-state index in [-0.39, 0.29) is 6.03 Å². The Morgan fingerprint density at radius 3 is 2.28 bits per heavy atom. The smallest absolute Gasteiger partial charge is 0.325 e. The van der Waals surface area contributed by atoms with Crippen LogP contribution >= 0.6 is 0 Å². The van der Waals surface area contributed by atoms with Gasteiger partial charge in [-0.25, -0.2) is 4.79 Å². The average molecular weight is 256 g/mol. The summed E-state index contributed by atoms with van der Waals surface area (Å²) in [4.78, 5) is 22.0. The second-order valence-corrected chi connectivity index (χ2v) is 5.21. The third-order valence-electron chi connectivity index (χ3n) is 3.81. The van der Waals surface area contributed by atoms with Crippen molar-refractivity contribution < 1.29 is 14.7 Å². The van der Waals surface area contributed by atoms with Gasteiger partial charge < -0.3 is 15.7 Å². The highest BCUT2D eigenvalue weighted by molar-refractivity contribution is 5.82. The van der Waals surface area contributed by atoms with Crippen molar-refractivity contribution in [3.8, 4) is 0 Å². The summed E-state index contributed by atoms with van der Waals surface area (Å²) in [5.74, 6) is 0.370. The first-order valence-corrected chi connectivity index (χ1v) is 6.80. The molecule has 0 aromatic carbocycles. The molecule has 0 heterocycles. The number of carbonyl (C=O) groups excluding carboxylic acids is 1. The fourth-order valence-corrected chi connectivity index (χ4v) is 2.39. The SMILES string of the molecule is CCC1CCC(CNC(=O)N[C@H](C)C(=O)O)CC1. The van der Waals surface area contributed by atoms with Gasteiger partial charge in [0.1, 0.15) is 6.04 Å². The van der Waals surface area contributed by atoms with Crippen LogP contribution < -0.4 is 10.6 Å². The molecule has 0 unspecified atom stereocenters. The predicted octanol–water partition coefficient (Wildman–Crippen LogP) is 1.98. The van der Waals surface area contributed by atoms with Crippen LogP contribution in [0.3, 0.4) is 0 Å². The van der Waals surface area contributed by atoms with Gasteiger partial charge in [0.15, 0.2) is 0 Å². The molecule has 18 heavy (non-hydrogen) atoms. The summed E-state index contributed by atoms with van der Waals surface area (Å²) in [6.45, 7) is 4.33. The topological polar surface area (TPSA) is 78.4 Å². The van der Waals surface area contributed by atoms with E-state index >= 15 is 0 Å². The zero-order valence-electron chi connectivity index (χ0n) is 11.2. The standard InChI is InChI=1S/C13H24N2O3/c1-3-10-4-6-11(7-5-10)8-14-13(18)15-9(2)12(16)17/h9-11H,3-8H2,1-2H3,(H,16,17)(H2,14,15,18)/t9-,10?,11?/m1/s1. The van der Waals surface area contributed by atoms with Crippen LogP contribution in [0.2, 0.25) is 0 Å². The summed E-state index contributed by atoms with van der Waals surface area (Å²) in [6, 6.07) is -1.23. The van der Waals surface area contributed by atoms with Crippen LogP contribution in [0.1, 0.15) is 46.0 Å². The summed E-state index contributed by atoms with van der Waals surface area (Å²) in [5, 5.41) is 13.8. The van der Waals surface area contributed by atoms with E-state index in [1.165, 1.54) is 26.2 Å². The van der Waals surface area contributed by atoms with Crippen molar-refractivity contribution in [1.29, 1.82) is 0 Å². The second kappa shape index (κ2) is 7.24. The molecular formula is C13H24N2O3. The Kier molecular flexibility index (Phi) is 5.95. The van der Waals surface area contributed by atoms with Gasteiger partial charge >= 0.3 is 12.0 Å². The predicted molar refractivity (Wildman–Crippen MR) is 69.4 cm³/mol. The zero-order valence-corrected chi connectivity index (χ0v) is 11.2. The van der Waals surface area contributed by atoms with E-state index in [0.717, 1.165) is 18.8 Å². The van der Waals surface area contributed by atoms with Gasteiger partial charge in [-0.1, -0.05) is 26.2 Å². The summed E-state index contributed by atoms with van der Waals surface area (Å²) in [5.41, 5.74) is 0. The molecule has 1 saturated carbocycles. The van der Waals surface area contributed by atoms with Crippen molar-refractivity contribution in [3.63, 3.8) is 0 Å². The maximum atomic E-state index is 11.4. The number of rotatable bonds is 5. The Morgan fingerprint density at radius 2 is 1.78 bits per heavy atom. The number of urea groups is 1. The average Bonchev–Trinajstić information content (AvgIpc) is 2.36. The summed E-state index contributed by atoms with van der Waals surface area (Å²) >= 11 is 0. The Bertz CT molecular complexity index is 286. The number of nitrogens with one attached hydrogen (secondary N) is 2. The summed E-state index contributed by atoms with van der Waals surface area (Å²) in [7, 11) is 0. The van der Waals surface area contributed by atoms with Crippen molar-refractivity contribution in [1.82, 2.24) is 10.6 Å². The molecule has 0 saturated heterocycles. The number of hydrogen-bond acceptors (Lipinski definition) is 2. The number of amides is 2. The molecule has 0 spiro atoms. The van der Waals surface area contributed by atoms with Crippen LogP contribution in [0.5, 0.6) is 0 Å². The van der Waals surface area contributed by atoms with E-state index in [2.05, 4.69) is 17.6 Å². The molecule has 1 rings (SSSR count). The Balaban J connectivity index is 2.17. The molecule has 1 aliphatic carbocycles. The highest BCUT2D eigenvalue weighted by Crippen LogP contribution is 2.29. The minimum absolute atomic E-state index is 0.387. The normalized spacial score (nSPS) is 25.2. The Labute approximate surface area is 108 Å². The lowest BCUT2D eigenvalue weighted by molar-refractivity contribution is -0.138. The molecule has 2 amide bonds. The molecule has 0 aliphatic heterocycles. The van der Waals surface area contributed by atoms with Crippen molar-refractivity contribution >= 4 is 12.0 Å². The number of carboxylic acid groups (broad SMARTS) is 1. The summed E-state index contributed by atoms with van der Waals surface area (Å²) in [6.07, 6.45) is 6.06. The van der Waals surface area contributed by atoms with E-state index < -0.39 is 12.0 Å². The number of aliphatic carboxylic acids is 1. The van der Waals surface area contributed by atoms with Crippen LogP contribution in [0.4, 0.5) is 4.79 Å². The molecule has 0 aromatic rings. The highest BCUT2D eigenvalue weighted by Gasteiger charge is 2.21. The molecule has 0 aromatic heterocycles. The monoisotopic (exact) mass is 256 g/mol. The maximum absolute atomic E-state index is 11.4. The zero-order chi connectivity index (χ0) is 13.5. The number of hydrogen-bond donors (Lipinski definition) is 3. The first-order chi connectivity index (χ1) is 8.52. The van der Waals surface area contributed by atoms with Gasteiger partial charge in [-0.3, -0.25) is 4.79 Å². The first kappa shape index (κ1) is 14.8. The van der Waals surface area contributed by atoms with Gasteiger partial charge in [-0.05, 0) is 31.6 Å². The number of carbonyl (C=O) groups is 2. The maximum Gasteiger partial charge on any atom is 0.325 e. The minimum Gasteiger partial charge on any atom is -0.480 e. The van der Waals surface area contributed by atoms with Gasteiger partial charge in [0.2, 0.25) is 0 Å². The fraction of sp³-hybridized carbons (Fsp3) is 0.846. The van der Waals surface area contributed by atoms with Gasteiger partial charge in [-0.15, -0.1) is 0 Å². The third-order valence-corrected chi connectivity index (χ3v) is 3.81. The third kappa shape index (κ3) is 4.94. The Hall–Kier alpha value is -1.26. The van der Waals surface area contributed by atoms with E-state index in [0.29, 0.717) is 12.5 Å². The molecule has 1 fully saturated rings. The minimum atomic E-state index is -1.02. The molecule has 104 valence electrons. The molecule has 1 aliphatic rings. The number of carboxylic acids is 1. The molecule has 5 nitrogen and oxygen atoms in total. The van der Waals surface area contributed by atoms with Gasteiger partial charge in [0, 0.05) is 6.54 Å². The van der Waals surface area contributed by atoms with Crippen molar-refractivity contribution in [2.75, 3.05) is 6.54 Å². The molecular weight excluding hydrogens is 232 g/mol. The van der Waals surface area contributed by atoms with Gasteiger partial charge in [-0.2, -0.15) is 0 Å². The van der Waals surface area contributed by atoms with E-state index in [9.17, 15) is 9.59 Å². The highest BCUT2D eigenvalue weighted by atomic mass is 16.4. The van der Waals surface area contributed by atoms with Crippen LogP contribution in [0, 0.1) is 11.8 Å². The lowest BCUT2D eigenvalue weighted by Crippen LogP contribution is -2.45. The van der Waals surface area contributed by atoms with Crippen molar-refractivity contribution in [2.45, 2.75) is 52.0 Å². The van der Waals surface area contributed by atoms with E-state index in [1.807, 2.05) is 0 Å². The van der Waals surface area contributed by atoms with E-state index in [1.54, 1.807) is 0 Å². The molecule has 0 bridgehead atoms. The first-order valence-electron chi connectivity index (χ1n) is 6.80. The van der Waals surface area contributed by atoms with Crippen molar-refractivity contribution in [2.24, 2.45) is 11.8 Å². The molecule has 0 radical (unpaired) electrons. The molecule has 3 N–H and O–H groups in total. The molecule has 5 heteroatoms. The lowest BCUT2D eigenvalue weighted by atomic mass is 9.81. The van der Waals surface area contributed by atoms with Crippen LogP contribution in [-0.2, 0) is 4.79 Å². The molecule has 1 atom stereocenters. The van der Waals surface area contributed by atoms with Gasteiger partial charge in [0.05, 0.1) is 0 Å². The van der Waals surface area contributed by atoms with Crippen LogP contribution in [-0.4, -0.2) is 29.7 Å². The van der Waals surface area contributed by atoms with Crippen LogP contribution in [0.15, 0.2) is 0 Å².